The van der Waals surface area contributed by atoms with Crippen LogP contribution in [0.3, 0.4) is 0 Å². The van der Waals surface area contributed by atoms with E-state index < -0.39 is 55.4 Å². The first-order chi connectivity index (χ1) is 24.7. The summed E-state index contributed by atoms with van der Waals surface area (Å²) in [5.74, 6) is -2.19. The second kappa shape index (κ2) is 21.7. The molecule has 11 heteroatoms. The molecule has 53 heavy (non-hydrogen) atoms. The average Bonchev–Trinajstić information content (AvgIpc) is 3.59. The van der Waals surface area contributed by atoms with Crippen LogP contribution < -0.4 is 4.74 Å². The highest BCUT2D eigenvalue weighted by Gasteiger charge is 2.56. The van der Waals surface area contributed by atoms with Crippen LogP contribution in [0.1, 0.15) is 118 Å². The molecule has 0 bridgehead atoms. The molecular formula is C42H72O10Si. The van der Waals surface area contributed by atoms with Gasteiger partial charge in [0.15, 0.2) is 20.2 Å². The molecule has 1 saturated heterocycles. The summed E-state index contributed by atoms with van der Waals surface area (Å²) in [5.41, 5.74) is -2.20. The lowest BCUT2D eigenvalue weighted by molar-refractivity contribution is -0.195. The van der Waals surface area contributed by atoms with Crippen molar-refractivity contribution in [2.45, 2.75) is 168 Å². The van der Waals surface area contributed by atoms with Crippen molar-refractivity contribution >= 4 is 20.3 Å². The van der Waals surface area contributed by atoms with Crippen LogP contribution in [-0.2, 0) is 44.3 Å². The number of esters is 2. The largest absolute Gasteiger partial charge is 0.497 e. The zero-order valence-corrected chi connectivity index (χ0v) is 35.8. The Kier molecular flexibility index (Phi) is 19.2. The highest BCUT2D eigenvalue weighted by Crippen LogP contribution is 2.40. The summed E-state index contributed by atoms with van der Waals surface area (Å²) in [6.45, 7) is 24.4. The van der Waals surface area contributed by atoms with E-state index in [-0.39, 0.29) is 32.0 Å². The molecule has 0 saturated carbocycles. The second-order valence-corrected chi connectivity index (χ2v) is 21.7. The van der Waals surface area contributed by atoms with Gasteiger partial charge in [-0.1, -0.05) is 70.6 Å². The zero-order valence-electron chi connectivity index (χ0n) is 34.8. The molecule has 0 radical (unpaired) electrons. The van der Waals surface area contributed by atoms with Crippen molar-refractivity contribution in [3.63, 3.8) is 0 Å². The van der Waals surface area contributed by atoms with Crippen LogP contribution in [0, 0.1) is 11.8 Å². The van der Waals surface area contributed by atoms with E-state index in [1.54, 1.807) is 48.7 Å². The van der Waals surface area contributed by atoms with E-state index in [1.165, 1.54) is 25.7 Å². The number of hydrogen-bond acceptors (Lipinski definition) is 10. The summed E-state index contributed by atoms with van der Waals surface area (Å²) in [5, 5.41) is 12.0. The fourth-order valence-corrected chi connectivity index (χ4v) is 7.95. The molecule has 1 N–H and O–H groups in total. The Morgan fingerprint density at radius 3 is 2.00 bits per heavy atom. The molecule has 2 rings (SSSR count). The predicted molar refractivity (Wildman–Crippen MR) is 211 cm³/mol. The molecule has 0 aliphatic carbocycles. The van der Waals surface area contributed by atoms with E-state index in [4.69, 9.17) is 32.8 Å². The topological polar surface area (TPSA) is 119 Å². The maximum atomic E-state index is 14.6. The summed E-state index contributed by atoms with van der Waals surface area (Å²) in [4.78, 5) is 29.1. The van der Waals surface area contributed by atoms with Crippen molar-refractivity contribution in [3.8, 4) is 5.75 Å². The predicted octanol–water partition coefficient (Wildman–Crippen LogP) is 8.93. The van der Waals surface area contributed by atoms with Crippen molar-refractivity contribution in [2.75, 3.05) is 26.9 Å². The number of aliphatic hydroxyl groups excluding tert-OH is 1. The van der Waals surface area contributed by atoms with Gasteiger partial charge in [-0.3, -0.25) is 4.79 Å². The van der Waals surface area contributed by atoms with E-state index in [0.29, 0.717) is 25.2 Å². The van der Waals surface area contributed by atoms with Crippen molar-refractivity contribution in [1.29, 1.82) is 0 Å². The number of benzene rings is 1. The average molecular weight is 765 g/mol. The van der Waals surface area contributed by atoms with E-state index in [1.807, 2.05) is 43.9 Å². The first kappa shape index (κ1) is 46.9. The number of rotatable bonds is 24. The number of methoxy groups -OCH3 is 1. The van der Waals surface area contributed by atoms with Crippen LogP contribution in [0.15, 0.2) is 36.4 Å². The molecule has 0 aromatic heterocycles. The summed E-state index contributed by atoms with van der Waals surface area (Å²) in [7, 11) is -0.999. The van der Waals surface area contributed by atoms with Crippen molar-refractivity contribution < 1.29 is 47.5 Å². The molecule has 0 spiro atoms. The van der Waals surface area contributed by atoms with Gasteiger partial charge in [0, 0.05) is 12.3 Å². The molecule has 10 nitrogen and oxygen atoms in total. The molecular weight excluding hydrogens is 693 g/mol. The molecule has 1 fully saturated rings. The quantitative estimate of drug-likeness (QED) is 0.0473. The number of carbonyl (C=O) groups is 2. The minimum atomic E-state index is -2.61. The normalized spacial score (nSPS) is 17.1. The van der Waals surface area contributed by atoms with E-state index in [0.717, 1.165) is 30.6 Å². The number of unbranched alkanes of at least 4 members (excludes halogenated alkanes) is 6. The maximum absolute atomic E-state index is 14.6. The highest BCUT2D eigenvalue weighted by molar-refractivity contribution is 6.70. The molecule has 304 valence electrons. The van der Waals surface area contributed by atoms with E-state index >= 15 is 0 Å². The van der Waals surface area contributed by atoms with E-state index in [9.17, 15) is 14.7 Å². The van der Waals surface area contributed by atoms with Crippen LogP contribution in [-0.4, -0.2) is 81.5 Å². The van der Waals surface area contributed by atoms with Gasteiger partial charge in [0.25, 0.3) is 0 Å². The molecule has 1 aromatic rings. The molecule has 1 heterocycles. The van der Waals surface area contributed by atoms with Crippen LogP contribution in [0.25, 0.3) is 0 Å². The summed E-state index contributed by atoms with van der Waals surface area (Å²) >= 11 is 0. The van der Waals surface area contributed by atoms with Gasteiger partial charge in [0.05, 0.1) is 45.6 Å². The molecule has 2 unspecified atom stereocenters. The Hall–Kier alpha value is -2.28. The Balaban J connectivity index is 2.52. The third kappa shape index (κ3) is 17.0. The first-order valence-electron chi connectivity index (χ1n) is 19.7. The maximum Gasteiger partial charge on any atom is 0.338 e. The van der Waals surface area contributed by atoms with Gasteiger partial charge >= 0.3 is 11.9 Å². The molecule has 1 aliphatic rings. The summed E-state index contributed by atoms with van der Waals surface area (Å²) in [6.07, 6.45) is 6.77. The minimum Gasteiger partial charge on any atom is -0.497 e. The van der Waals surface area contributed by atoms with Gasteiger partial charge in [-0.05, 0) is 97.3 Å². The standard InChI is InChI=1S/C42H72O10Si/c1-13-14-15-16-17-18-19-20-34(38-48-27-28-49-38)31(2)36(43)29-35(37(44)50-40(3,4)5)42(52-53(10,11)12,39(45)51-41(6,7)8)25-26-47-30-32-21-23-33(46-9)24-22-32/h21-24,34-36,38,43H,2,13-20,25-30H2,1,3-12H3/t34?,35-,36?,42-/m0/s1. The third-order valence-electron chi connectivity index (χ3n) is 8.99. The van der Waals surface area contributed by atoms with Gasteiger partial charge in [-0.2, -0.15) is 0 Å². The summed E-state index contributed by atoms with van der Waals surface area (Å²) in [6, 6.07) is 7.52. The van der Waals surface area contributed by atoms with Crippen molar-refractivity contribution in [2.24, 2.45) is 11.8 Å². The lowest BCUT2D eigenvalue weighted by Gasteiger charge is -2.44. The van der Waals surface area contributed by atoms with E-state index in [2.05, 4.69) is 13.5 Å². The van der Waals surface area contributed by atoms with Crippen LogP contribution >= 0.6 is 0 Å². The zero-order chi connectivity index (χ0) is 39.9. The number of hydrogen-bond donors (Lipinski definition) is 1. The Morgan fingerprint density at radius 2 is 1.47 bits per heavy atom. The second-order valence-electron chi connectivity index (χ2n) is 17.3. The monoisotopic (exact) mass is 764 g/mol. The minimum absolute atomic E-state index is 0.0122. The molecule has 1 aliphatic heterocycles. The third-order valence-corrected chi connectivity index (χ3v) is 9.97. The lowest BCUT2D eigenvalue weighted by atomic mass is 9.77. The van der Waals surface area contributed by atoms with Gasteiger partial charge in [-0.25, -0.2) is 4.79 Å². The number of ether oxygens (including phenoxy) is 6. The van der Waals surface area contributed by atoms with Crippen molar-refractivity contribution in [3.05, 3.63) is 42.0 Å². The van der Waals surface area contributed by atoms with Gasteiger partial charge in [0.2, 0.25) is 0 Å². The lowest BCUT2D eigenvalue weighted by Crippen LogP contribution is -2.59. The smallest absolute Gasteiger partial charge is 0.338 e. The first-order valence-corrected chi connectivity index (χ1v) is 23.1. The molecule has 1 aromatic carbocycles. The van der Waals surface area contributed by atoms with Crippen LogP contribution in [0.4, 0.5) is 0 Å². The Morgan fingerprint density at radius 1 is 0.906 bits per heavy atom. The van der Waals surface area contributed by atoms with Crippen molar-refractivity contribution in [1.82, 2.24) is 0 Å². The SMILES string of the molecule is C=C(C(O)C[C@@H](C(=O)OC(C)(C)C)[C@](CCOCc1ccc(OC)cc1)(O[Si](C)(C)C)C(=O)OC(C)(C)C)C(CCCCCCCCC)C1OCCO1. The van der Waals surface area contributed by atoms with Gasteiger partial charge < -0.3 is 38.0 Å². The fourth-order valence-electron chi connectivity index (χ4n) is 6.53. The Labute approximate surface area is 321 Å². The van der Waals surface area contributed by atoms with Crippen LogP contribution in [0.5, 0.6) is 5.75 Å². The Bertz CT molecular complexity index is 1240. The molecule has 0 amide bonds. The highest BCUT2D eigenvalue weighted by atomic mass is 28.4. The molecule has 4 atom stereocenters. The van der Waals surface area contributed by atoms with Gasteiger partial charge in [0.1, 0.15) is 17.0 Å². The number of aliphatic hydroxyl groups is 1. The fraction of sp³-hybridized carbons (Fsp3) is 0.762. The van der Waals surface area contributed by atoms with Crippen LogP contribution in [0.2, 0.25) is 19.6 Å². The van der Waals surface area contributed by atoms with Gasteiger partial charge in [-0.15, -0.1) is 0 Å². The number of carbonyl (C=O) groups excluding carboxylic acids is 2. The summed E-state index contributed by atoms with van der Waals surface area (Å²) < 4.78 is 42.2.